The van der Waals surface area contributed by atoms with Crippen molar-refractivity contribution in [3.63, 3.8) is 0 Å². The molecular weight excluding hydrogens is 546 g/mol. The number of hydrogen-bond acceptors (Lipinski definition) is 5. The Morgan fingerprint density at radius 3 is 2.47 bits per heavy atom. The summed E-state index contributed by atoms with van der Waals surface area (Å²) in [7, 11) is 0. The number of ether oxygens (including phenoxy) is 1. The van der Waals surface area contributed by atoms with Crippen molar-refractivity contribution in [1.82, 2.24) is 10.7 Å². The Kier molecular flexibility index (Phi) is 8.10. The number of benzene rings is 4. The number of hydrazone groups is 1. The monoisotopic (exact) mass is 563 g/mol. The van der Waals surface area contributed by atoms with E-state index in [1.54, 1.807) is 54.6 Å². The number of nitrogens with one attached hydrogen (secondary N) is 2. The molecule has 0 aromatic heterocycles. The highest BCUT2D eigenvalue weighted by molar-refractivity contribution is 9.10. The van der Waals surface area contributed by atoms with E-state index >= 15 is 0 Å². The summed E-state index contributed by atoms with van der Waals surface area (Å²) in [6, 6.07) is 24.4. The van der Waals surface area contributed by atoms with E-state index in [2.05, 4.69) is 31.8 Å². The summed E-state index contributed by atoms with van der Waals surface area (Å²) in [5.74, 6) is -1.29. The summed E-state index contributed by atoms with van der Waals surface area (Å²) in [4.78, 5) is 37.4. The molecule has 4 aromatic carbocycles. The first kappa shape index (κ1) is 25.1. The van der Waals surface area contributed by atoms with Crippen LogP contribution < -0.4 is 15.5 Å². The van der Waals surface area contributed by atoms with Crippen molar-refractivity contribution in [3.8, 4) is 5.75 Å². The lowest BCUT2D eigenvalue weighted by molar-refractivity contribution is -0.120. The van der Waals surface area contributed by atoms with E-state index in [1.807, 2.05) is 30.3 Å². The Bertz CT molecular complexity index is 1480. The number of amides is 2. The predicted molar refractivity (Wildman–Crippen MR) is 143 cm³/mol. The van der Waals surface area contributed by atoms with Crippen LogP contribution in [0.5, 0.6) is 5.75 Å². The normalized spacial score (nSPS) is 10.8. The lowest BCUT2D eigenvalue weighted by Crippen LogP contribution is -2.35. The third kappa shape index (κ3) is 6.16. The zero-order chi connectivity index (χ0) is 25.5. The van der Waals surface area contributed by atoms with Gasteiger partial charge in [0.15, 0.2) is 0 Å². The number of halogens is 2. The van der Waals surface area contributed by atoms with Gasteiger partial charge in [-0.25, -0.2) is 10.2 Å². The minimum absolute atomic E-state index is 0.222. The lowest BCUT2D eigenvalue weighted by atomic mass is 10.0. The third-order valence-electron chi connectivity index (χ3n) is 5.10. The van der Waals surface area contributed by atoms with Gasteiger partial charge in [-0.3, -0.25) is 9.59 Å². The first-order valence-corrected chi connectivity index (χ1v) is 11.9. The molecule has 0 fully saturated rings. The van der Waals surface area contributed by atoms with Crippen molar-refractivity contribution in [3.05, 3.63) is 111 Å². The topological polar surface area (TPSA) is 96.9 Å². The second-order valence-electron chi connectivity index (χ2n) is 7.55. The third-order valence-corrected chi connectivity index (χ3v) is 5.93. The largest absolute Gasteiger partial charge is 0.422 e. The fraction of sp³-hybridized carbons (Fsp3) is 0.0370. The number of carbonyl (C=O) groups excluding carboxylic acids is 3. The van der Waals surface area contributed by atoms with Gasteiger partial charge in [0.05, 0.1) is 23.3 Å². The van der Waals surface area contributed by atoms with Gasteiger partial charge in [0, 0.05) is 15.6 Å². The highest BCUT2D eigenvalue weighted by Gasteiger charge is 2.15. The SMILES string of the molecule is O=C(CNC(=O)c1cccc2ccccc12)N/N=C\c1cc(Br)ccc1OC(=O)c1ccccc1Cl. The summed E-state index contributed by atoms with van der Waals surface area (Å²) < 4.78 is 6.20. The van der Waals surface area contributed by atoms with Crippen LogP contribution >= 0.6 is 27.5 Å². The van der Waals surface area contributed by atoms with Crippen LogP contribution in [0.3, 0.4) is 0 Å². The maximum Gasteiger partial charge on any atom is 0.345 e. The second-order valence-corrected chi connectivity index (χ2v) is 8.88. The summed E-state index contributed by atoms with van der Waals surface area (Å²) in [6.07, 6.45) is 1.34. The minimum Gasteiger partial charge on any atom is -0.422 e. The Morgan fingerprint density at radius 2 is 1.64 bits per heavy atom. The molecule has 0 unspecified atom stereocenters. The van der Waals surface area contributed by atoms with E-state index in [-0.39, 0.29) is 28.8 Å². The molecule has 0 spiro atoms. The van der Waals surface area contributed by atoms with Crippen LogP contribution in [-0.4, -0.2) is 30.5 Å². The first-order valence-electron chi connectivity index (χ1n) is 10.8. The number of rotatable bonds is 7. The predicted octanol–water partition coefficient (Wildman–Crippen LogP) is 5.36. The van der Waals surface area contributed by atoms with Gasteiger partial charge in [0.2, 0.25) is 0 Å². The summed E-state index contributed by atoms with van der Waals surface area (Å²) >= 11 is 9.44. The number of fused-ring (bicyclic) bond motifs is 1. The highest BCUT2D eigenvalue weighted by Crippen LogP contribution is 2.24. The average Bonchev–Trinajstić information content (AvgIpc) is 2.88. The molecule has 0 aliphatic heterocycles. The van der Waals surface area contributed by atoms with Crippen LogP contribution in [-0.2, 0) is 4.79 Å². The van der Waals surface area contributed by atoms with Crippen molar-refractivity contribution in [2.24, 2.45) is 5.10 Å². The zero-order valence-electron chi connectivity index (χ0n) is 18.7. The summed E-state index contributed by atoms with van der Waals surface area (Å²) in [5, 5.41) is 8.52. The van der Waals surface area contributed by atoms with Crippen molar-refractivity contribution < 1.29 is 19.1 Å². The summed E-state index contributed by atoms with van der Waals surface area (Å²) in [6.45, 7) is -0.272. The second kappa shape index (κ2) is 11.6. The van der Waals surface area contributed by atoms with Crippen molar-refractivity contribution in [1.29, 1.82) is 0 Å². The standard InChI is InChI=1S/C27H19BrClN3O4/c28-19-12-13-24(36-27(35)22-9-3-4-11-23(22)29)18(14-19)15-31-32-25(33)16-30-26(34)21-10-5-7-17-6-1-2-8-20(17)21/h1-15H,16H2,(H,30,34)(H,32,33)/b31-15-. The molecule has 0 aliphatic carbocycles. The molecule has 2 amide bonds. The Hall–Kier alpha value is -4.01. The highest BCUT2D eigenvalue weighted by atomic mass is 79.9. The quantitative estimate of drug-likeness (QED) is 0.137. The molecule has 0 bridgehead atoms. The van der Waals surface area contributed by atoms with Gasteiger partial charge in [0.25, 0.3) is 11.8 Å². The smallest absolute Gasteiger partial charge is 0.345 e. The average molecular weight is 565 g/mol. The van der Waals surface area contributed by atoms with Gasteiger partial charge >= 0.3 is 5.97 Å². The Labute approximate surface area is 220 Å². The number of nitrogens with zero attached hydrogens (tertiary/aromatic N) is 1. The maximum absolute atomic E-state index is 12.6. The number of esters is 1. The van der Waals surface area contributed by atoms with E-state index in [1.165, 1.54) is 6.21 Å². The van der Waals surface area contributed by atoms with Gasteiger partial charge < -0.3 is 10.1 Å². The van der Waals surface area contributed by atoms with E-state index in [9.17, 15) is 14.4 Å². The van der Waals surface area contributed by atoms with E-state index in [4.69, 9.17) is 16.3 Å². The van der Waals surface area contributed by atoms with Gasteiger partial charge in [-0.15, -0.1) is 0 Å². The lowest BCUT2D eigenvalue weighted by Gasteiger charge is -2.09. The van der Waals surface area contributed by atoms with Crippen LogP contribution in [0, 0.1) is 0 Å². The number of hydrogen-bond donors (Lipinski definition) is 2. The van der Waals surface area contributed by atoms with Crippen LogP contribution in [0.25, 0.3) is 10.8 Å². The fourth-order valence-electron chi connectivity index (χ4n) is 3.39. The van der Waals surface area contributed by atoms with Crippen molar-refractivity contribution in [2.75, 3.05) is 6.54 Å². The van der Waals surface area contributed by atoms with Gasteiger partial charge in [0.1, 0.15) is 5.75 Å². The molecule has 0 atom stereocenters. The molecule has 7 nitrogen and oxygen atoms in total. The molecule has 2 N–H and O–H groups in total. The number of carbonyl (C=O) groups is 3. The van der Waals surface area contributed by atoms with E-state index < -0.39 is 11.9 Å². The van der Waals surface area contributed by atoms with Crippen molar-refractivity contribution >= 4 is 62.3 Å². The molecule has 36 heavy (non-hydrogen) atoms. The van der Waals surface area contributed by atoms with Crippen LogP contribution in [0.2, 0.25) is 5.02 Å². The Balaban J connectivity index is 1.38. The van der Waals surface area contributed by atoms with Gasteiger partial charge in [-0.2, -0.15) is 5.10 Å². The molecular formula is C27H19BrClN3O4. The first-order chi connectivity index (χ1) is 17.4. The molecule has 4 rings (SSSR count). The van der Waals surface area contributed by atoms with Crippen LogP contribution in [0.15, 0.2) is 94.5 Å². The molecule has 180 valence electrons. The zero-order valence-corrected chi connectivity index (χ0v) is 21.0. The molecule has 0 saturated carbocycles. The van der Waals surface area contributed by atoms with Gasteiger partial charge in [-0.05, 0) is 47.2 Å². The van der Waals surface area contributed by atoms with Crippen molar-refractivity contribution in [2.45, 2.75) is 0 Å². The van der Waals surface area contributed by atoms with E-state index in [0.717, 1.165) is 15.2 Å². The molecule has 4 aromatic rings. The molecule has 0 saturated heterocycles. The molecule has 0 radical (unpaired) electrons. The van der Waals surface area contributed by atoms with E-state index in [0.29, 0.717) is 11.1 Å². The molecule has 0 aliphatic rings. The van der Waals surface area contributed by atoms with Crippen LogP contribution in [0.4, 0.5) is 0 Å². The Morgan fingerprint density at radius 1 is 0.917 bits per heavy atom. The van der Waals surface area contributed by atoms with Crippen LogP contribution in [0.1, 0.15) is 26.3 Å². The minimum atomic E-state index is -0.627. The molecule has 9 heteroatoms. The van der Waals surface area contributed by atoms with Gasteiger partial charge in [-0.1, -0.05) is 76.1 Å². The fourth-order valence-corrected chi connectivity index (χ4v) is 3.98. The molecule has 0 heterocycles. The maximum atomic E-state index is 12.6. The summed E-state index contributed by atoms with van der Waals surface area (Å²) in [5.41, 5.74) is 3.49.